The van der Waals surface area contributed by atoms with Crippen LogP contribution in [0, 0.1) is 0 Å². The number of phenols is 1. The Morgan fingerprint density at radius 3 is 2.76 bits per heavy atom. The van der Waals surface area contributed by atoms with Gasteiger partial charge in [-0.2, -0.15) is 0 Å². The number of carbonyl (C=O) groups excluding carboxylic acids is 1. The van der Waals surface area contributed by atoms with Gasteiger partial charge in [0.15, 0.2) is 0 Å². The number of phenolic OH excluding ortho intramolecular Hbond substituents is 1. The van der Waals surface area contributed by atoms with Gasteiger partial charge in [-0.3, -0.25) is 4.79 Å². The summed E-state index contributed by atoms with van der Waals surface area (Å²) >= 11 is 11.6. The second-order valence-electron chi connectivity index (χ2n) is 3.44. The van der Waals surface area contributed by atoms with Gasteiger partial charge in [0.25, 0.3) is 0 Å². The molecule has 0 aromatic heterocycles. The average Bonchev–Trinajstić information content (AvgIpc) is 2.23. The van der Waals surface area contributed by atoms with E-state index in [4.69, 9.17) is 33.7 Å². The maximum atomic E-state index is 11.3. The van der Waals surface area contributed by atoms with Crippen LogP contribution in [0.1, 0.15) is 24.9 Å². The Kier molecular flexibility index (Phi) is 5.05. The van der Waals surface area contributed by atoms with Crippen LogP contribution < -0.4 is 5.73 Å². The van der Waals surface area contributed by atoms with E-state index in [1.165, 1.54) is 12.1 Å². The standard InChI is InChI=1S/C11H13Cl2NO3/c1-2-17-10(15)5-9(14)7-3-6(12)4-8(13)11(7)16/h3-4,9,16H,2,5,14H2,1H3/t9-/m1/s1. The number of nitrogens with two attached hydrogens (primary N) is 1. The molecule has 0 aliphatic rings. The lowest BCUT2D eigenvalue weighted by molar-refractivity contribution is -0.143. The number of esters is 1. The van der Waals surface area contributed by atoms with E-state index in [1.54, 1.807) is 6.92 Å². The third-order valence-corrected chi connectivity index (χ3v) is 2.66. The highest BCUT2D eigenvalue weighted by molar-refractivity contribution is 6.35. The van der Waals surface area contributed by atoms with E-state index in [2.05, 4.69) is 0 Å². The Labute approximate surface area is 109 Å². The van der Waals surface area contributed by atoms with Crippen molar-refractivity contribution in [2.24, 2.45) is 5.73 Å². The van der Waals surface area contributed by atoms with Crippen molar-refractivity contribution in [2.45, 2.75) is 19.4 Å². The lowest BCUT2D eigenvalue weighted by Crippen LogP contribution is -2.17. The molecule has 0 bridgehead atoms. The Morgan fingerprint density at radius 1 is 1.53 bits per heavy atom. The fourth-order valence-corrected chi connectivity index (χ4v) is 1.89. The minimum absolute atomic E-state index is 0.0436. The van der Waals surface area contributed by atoms with Crippen LogP contribution in [0.15, 0.2) is 12.1 Å². The monoisotopic (exact) mass is 277 g/mol. The molecule has 0 amide bonds. The highest BCUT2D eigenvalue weighted by Crippen LogP contribution is 2.35. The predicted octanol–water partition coefficient (Wildman–Crippen LogP) is 2.65. The second kappa shape index (κ2) is 6.10. The van der Waals surface area contributed by atoms with Gasteiger partial charge in [-0.05, 0) is 19.1 Å². The lowest BCUT2D eigenvalue weighted by atomic mass is 10.0. The van der Waals surface area contributed by atoms with E-state index in [-0.39, 0.29) is 23.8 Å². The number of halogens is 2. The molecule has 4 nitrogen and oxygen atoms in total. The number of hydrogen-bond acceptors (Lipinski definition) is 4. The molecule has 0 spiro atoms. The van der Waals surface area contributed by atoms with Crippen LogP contribution in [0.2, 0.25) is 10.0 Å². The smallest absolute Gasteiger partial charge is 0.307 e. The first-order valence-electron chi connectivity index (χ1n) is 5.04. The Hall–Kier alpha value is -0.970. The molecule has 0 saturated heterocycles. The first-order valence-corrected chi connectivity index (χ1v) is 5.80. The van der Waals surface area contributed by atoms with Crippen LogP contribution in [0.5, 0.6) is 5.75 Å². The van der Waals surface area contributed by atoms with Gasteiger partial charge in [0.05, 0.1) is 18.1 Å². The zero-order valence-corrected chi connectivity index (χ0v) is 10.8. The van der Waals surface area contributed by atoms with Crippen LogP contribution in [0.3, 0.4) is 0 Å². The molecule has 17 heavy (non-hydrogen) atoms. The molecule has 0 fully saturated rings. The third-order valence-electron chi connectivity index (χ3n) is 2.15. The average molecular weight is 278 g/mol. The maximum absolute atomic E-state index is 11.3. The zero-order valence-electron chi connectivity index (χ0n) is 9.24. The van der Waals surface area contributed by atoms with Crippen LogP contribution in [0.25, 0.3) is 0 Å². The number of rotatable bonds is 4. The van der Waals surface area contributed by atoms with E-state index in [1.807, 2.05) is 0 Å². The van der Waals surface area contributed by atoms with Crippen molar-refractivity contribution in [3.8, 4) is 5.75 Å². The molecule has 94 valence electrons. The van der Waals surface area contributed by atoms with Gasteiger partial charge in [0, 0.05) is 16.6 Å². The Morgan fingerprint density at radius 2 is 2.18 bits per heavy atom. The van der Waals surface area contributed by atoms with Crippen LogP contribution in [-0.4, -0.2) is 17.7 Å². The lowest BCUT2D eigenvalue weighted by Gasteiger charge is -2.14. The molecule has 1 atom stereocenters. The van der Waals surface area contributed by atoms with Gasteiger partial charge < -0.3 is 15.6 Å². The van der Waals surface area contributed by atoms with Crippen LogP contribution in [-0.2, 0) is 9.53 Å². The van der Waals surface area contributed by atoms with Gasteiger partial charge >= 0.3 is 5.97 Å². The Bertz CT molecular complexity index is 423. The first kappa shape index (κ1) is 14.1. The van der Waals surface area contributed by atoms with Crippen molar-refractivity contribution < 1.29 is 14.6 Å². The number of carbonyl (C=O) groups is 1. The SMILES string of the molecule is CCOC(=O)C[C@@H](N)c1cc(Cl)cc(Cl)c1O. The van der Waals surface area contributed by atoms with Crippen LogP contribution >= 0.6 is 23.2 Å². The molecule has 3 N–H and O–H groups in total. The van der Waals surface area contributed by atoms with E-state index in [0.717, 1.165) is 0 Å². The fraction of sp³-hybridized carbons (Fsp3) is 0.364. The number of hydrogen-bond donors (Lipinski definition) is 2. The van der Waals surface area contributed by atoms with Crippen molar-refractivity contribution in [1.29, 1.82) is 0 Å². The van der Waals surface area contributed by atoms with Crippen molar-refractivity contribution in [3.63, 3.8) is 0 Å². The van der Waals surface area contributed by atoms with Crippen molar-refractivity contribution >= 4 is 29.2 Å². The van der Waals surface area contributed by atoms with Crippen molar-refractivity contribution in [3.05, 3.63) is 27.7 Å². The molecule has 1 rings (SSSR count). The molecule has 6 heteroatoms. The zero-order chi connectivity index (χ0) is 13.0. The second-order valence-corrected chi connectivity index (χ2v) is 4.28. The summed E-state index contributed by atoms with van der Waals surface area (Å²) in [5.74, 6) is -0.594. The minimum atomic E-state index is -0.703. The summed E-state index contributed by atoms with van der Waals surface area (Å²) < 4.78 is 4.77. The number of benzene rings is 1. The van der Waals surface area contributed by atoms with Gasteiger partial charge in [0.1, 0.15) is 5.75 Å². The number of aromatic hydroxyl groups is 1. The normalized spacial score (nSPS) is 12.2. The summed E-state index contributed by atoms with van der Waals surface area (Å²) in [4.78, 5) is 11.3. The largest absolute Gasteiger partial charge is 0.506 e. The van der Waals surface area contributed by atoms with Gasteiger partial charge in [-0.25, -0.2) is 0 Å². The molecule has 0 saturated carbocycles. The van der Waals surface area contributed by atoms with Gasteiger partial charge in [-0.1, -0.05) is 23.2 Å². The fourth-order valence-electron chi connectivity index (χ4n) is 1.38. The van der Waals surface area contributed by atoms with E-state index < -0.39 is 12.0 Å². The first-order chi connectivity index (χ1) is 7.95. The predicted molar refractivity (Wildman–Crippen MR) is 66.3 cm³/mol. The maximum Gasteiger partial charge on any atom is 0.307 e. The van der Waals surface area contributed by atoms with E-state index in [0.29, 0.717) is 10.6 Å². The molecule has 0 aliphatic carbocycles. The molecule has 0 aliphatic heterocycles. The molecule has 1 aromatic rings. The quantitative estimate of drug-likeness (QED) is 0.830. The van der Waals surface area contributed by atoms with E-state index in [9.17, 15) is 9.90 Å². The molecule has 1 aromatic carbocycles. The summed E-state index contributed by atoms with van der Waals surface area (Å²) in [6.45, 7) is 1.99. The summed E-state index contributed by atoms with van der Waals surface area (Å²) in [5, 5.41) is 10.2. The topological polar surface area (TPSA) is 72.5 Å². The van der Waals surface area contributed by atoms with Crippen LogP contribution in [0.4, 0.5) is 0 Å². The van der Waals surface area contributed by atoms with Gasteiger partial charge in [0.2, 0.25) is 0 Å². The Balaban J connectivity index is 2.88. The molecule has 0 heterocycles. The van der Waals surface area contributed by atoms with Gasteiger partial charge in [-0.15, -0.1) is 0 Å². The highest BCUT2D eigenvalue weighted by atomic mass is 35.5. The van der Waals surface area contributed by atoms with Crippen molar-refractivity contribution in [1.82, 2.24) is 0 Å². The van der Waals surface area contributed by atoms with Crippen molar-refractivity contribution in [2.75, 3.05) is 6.61 Å². The summed E-state index contributed by atoms with van der Waals surface area (Å²) in [5.41, 5.74) is 6.12. The summed E-state index contributed by atoms with van der Waals surface area (Å²) in [7, 11) is 0. The van der Waals surface area contributed by atoms with E-state index >= 15 is 0 Å². The summed E-state index contributed by atoms with van der Waals surface area (Å²) in [6, 6.07) is 2.18. The molecule has 0 unspecified atom stereocenters. The number of ether oxygens (including phenoxy) is 1. The minimum Gasteiger partial charge on any atom is -0.506 e. The third kappa shape index (κ3) is 3.77. The molecule has 0 radical (unpaired) electrons. The molecular weight excluding hydrogens is 265 g/mol. The summed E-state index contributed by atoms with van der Waals surface area (Å²) in [6.07, 6.45) is -0.0436. The highest BCUT2D eigenvalue weighted by Gasteiger charge is 2.18. The molecular formula is C11H13Cl2NO3.